The molecular formula is C10H19NO3. The molecule has 0 spiro atoms. The predicted molar refractivity (Wildman–Crippen MR) is 52.7 cm³/mol. The molecule has 0 aliphatic heterocycles. The van der Waals surface area contributed by atoms with Gasteiger partial charge in [0.25, 0.3) is 0 Å². The molecule has 4 nitrogen and oxygen atoms in total. The van der Waals surface area contributed by atoms with Crippen molar-refractivity contribution in [2.75, 3.05) is 6.54 Å². The number of rotatable bonds is 4. The van der Waals surface area contributed by atoms with E-state index in [9.17, 15) is 15.0 Å². The fraction of sp³-hybridized carbons (Fsp3) is 0.900. The second-order valence-electron chi connectivity index (χ2n) is 4.54. The highest BCUT2D eigenvalue weighted by molar-refractivity contribution is 5.79. The standard InChI is InChI=1S/C10H19NO3/c1-10(2,14)8(12)6-11-9(13)7-4-3-5-7/h7-8,12,14H,3-6H2,1-2H3,(H,11,13). The molecule has 0 aromatic rings. The zero-order chi connectivity index (χ0) is 10.8. The van der Waals surface area contributed by atoms with Crippen molar-refractivity contribution in [1.82, 2.24) is 5.32 Å². The molecule has 82 valence electrons. The number of carbonyl (C=O) groups is 1. The van der Waals surface area contributed by atoms with Crippen molar-refractivity contribution in [3.05, 3.63) is 0 Å². The normalized spacial score (nSPS) is 20.0. The average molecular weight is 201 g/mol. The monoisotopic (exact) mass is 201 g/mol. The summed E-state index contributed by atoms with van der Waals surface area (Å²) in [4.78, 5) is 11.4. The zero-order valence-electron chi connectivity index (χ0n) is 8.79. The maximum Gasteiger partial charge on any atom is 0.223 e. The fourth-order valence-electron chi connectivity index (χ4n) is 1.26. The molecule has 1 amide bonds. The molecule has 1 fully saturated rings. The summed E-state index contributed by atoms with van der Waals surface area (Å²) in [7, 11) is 0. The molecule has 3 N–H and O–H groups in total. The number of hydrogen-bond acceptors (Lipinski definition) is 3. The van der Waals surface area contributed by atoms with E-state index < -0.39 is 11.7 Å². The third kappa shape index (κ3) is 2.96. The number of hydrogen-bond donors (Lipinski definition) is 3. The van der Waals surface area contributed by atoms with Crippen molar-refractivity contribution in [3.8, 4) is 0 Å². The lowest BCUT2D eigenvalue weighted by Crippen LogP contribution is -2.46. The minimum Gasteiger partial charge on any atom is -0.388 e. The minimum atomic E-state index is -1.16. The van der Waals surface area contributed by atoms with Crippen LogP contribution in [0, 0.1) is 5.92 Å². The van der Waals surface area contributed by atoms with Crippen LogP contribution in [-0.2, 0) is 4.79 Å². The van der Waals surface area contributed by atoms with Crippen molar-refractivity contribution in [3.63, 3.8) is 0 Å². The van der Waals surface area contributed by atoms with Crippen molar-refractivity contribution >= 4 is 5.91 Å². The quantitative estimate of drug-likeness (QED) is 0.601. The molecule has 1 aliphatic rings. The second-order valence-corrected chi connectivity index (χ2v) is 4.54. The van der Waals surface area contributed by atoms with Gasteiger partial charge in [-0.15, -0.1) is 0 Å². The van der Waals surface area contributed by atoms with Gasteiger partial charge >= 0.3 is 0 Å². The van der Waals surface area contributed by atoms with Gasteiger partial charge in [-0.3, -0.25) is 4.79 Å². The van der Waals surface area contributed by atoms with Crippen LogP contribution in [0.3, 0.4) is 0 Å². The van der Waals surface area contributed by atoms with Crippen molar-refractivity contribution < 1.29 is 15.0 Å². The van der Waals surface area contributed by atoms with E-state index in [1.807, 2.05) is 0 Å². The summed E-state index contributed by atoms with van der Waals surface area (Å²) < 4.78 is 0. The van der Waals surface area contributed by atoms with Gasteiger partial charge in [-0.1, -0.05) is 6.42 Å². The molecule has 0 bridgehead atoms. The zero-order valence-corrected chi connectivity index (χ0v) is 8.79. The molecule has 4 heteroatoms. The van der Waals surface area contributed by atoms with Gasteiger partial charge in [0.2, 0.25) is 5.91 Å². The lowest BCUT2D eigenvalue weighted by atomic mass is 9.85. The summed E-state index contributed by atoms with van der Waals surface area (Å²) in [5, 5.41) is 21.5. The van der Waals surface area contributed by atoms with Crippen LogP contribution in [0.2, 0.25) is 0 Å². The Labute approximate surface area is 84.3 Å². The lowest BCUT2D eigenvalue weighted by molar-refractivity contribution is -0.128. The summed E-state index contributed by atoms with van der Waals surface area (Å²) in [6, 6.07) is 0. The van der Waals surface area contributed by atoms with E-state index >= 15 is 0 Å². The van der Waals surface area contributed by atoms with Gasteiger partial charge < -0.3 is 15.5 Å². The SMILES string of the molecule is CC(C)(O)C(O)CNC(=O)C1CCC1. The Morgan fingerprint density at radius 2 is 2.14 bits per heavy atom. The van der Waals surface area contributed by atoms with Gasteiger partial charge in [0, 0.05) is 12.5 Å². The summed E-state index contributed by atoms with van der Waals surface area (Å²) in [5.74, 6) is 0.128. The highest BCUT2D eigenvalue weighted by atomic mass is 16.3. The first-order valence-electron chi connectivity index (χ1n) is 5.09. The van der Waals surface area contributed by atoms with Crippen molar-refractivity contribution in [2.45, 2.75) is 44.8 Å². The molecule has 1 atom stereocenters. The maximum atomic E-state index is 11.4. The molecule has 0 aromatic carbocycles. The maximum absolute atomic E-state index is 11.4. The Morgan fingerprint density at radius 1 is 1.57 bits per heavy atom. The Hall–Kier alpha value is -0.610. The molecule has 14 heavy (non-hydrogen) atoms. The Morgan fingerprint density at radius 3 is 2.50 bits per heavy atom. The molecule has 1 rings (SSSR count). The first kappa shape index (κ1) is 11.5. The molecule has 1 aliphatic carbocycles. The third-order valence-electron chi connectivity index (χ3n) is 2.76. The topological polar surface area (TPSA) is 69.6 Å². The number of aliphatic hydroxyl groups excluding tert-OH is 1. The van der Waals surface area contributed by atoms with Gasteiger partial charge in [-0.25, -0.2) is 0 Å². The molecule has 1 unspecified atom stereocenters. The van der Waals surface area contributed by atoms with E-state index in [1.54, 1.807) is 0 Å². The molecular weight excluding hydrogens is 182 g/mol. The highest BCUT2D eigenvalue weighted by Crippen LogP contribution is 2.26. The number of aliphatic hydroxyl groups is 2. The van der Waals surface area contributed by atoms with E-state index in [4.69, 9.17) is 0 Å². The molecule has 1 saturated carbocycles. The Kier molecular flexibility index (Phi) is 3.50. The van der Waals surface area contributed by atoms with Gasteiger partial charge in [-0.2, -0.15) is 0 Å². The van der Waals surface area contributed by atoms with E-state index in [2.05, 4.69) is 5.32 Å². The summed E-state index contributed by atoms with van der Waals surface area (Å²) in [6.45, 7) is 3.17. The van der Waals surface area contributed by atoms with E-state index in [1.165, 1.54) is 13.8 Å². The van der Waals surface area contributed by atoms with E-state index in [-0.39, 0.29) is 18.4 Å². The third-order valence-corrected chi connectivity index (χ3v) is 2.76. The van der Waals surface area contributed by atoms with Gasteiger partial charge in [-0.05, 0) is 26.7 Å². The van der Waals surface area contributed by atoms with Crippen LogP contribution in [-0.4, -0.2) is 34.4 Å². The van der Waals surface area contributed by atoms with Crippen LogP contribution >= 0.6 is 0 Å². The lowest BCUT2D eigenvalue weighted by Gasteiger charge is -2.28. The smallest absolute Gasteiger partial charge is 0.223 e. The van der Waals surface area contributed by atoms with Gasteiger partial charge in [0.05, 0.1) is 11.7 Å². The first-order valence-corrected chi connectivity index (χ1v) is 5.09. The van der Waals surface area contributed by atoms with Gasteiger partial charge in [0.15, 0.2) is 0 Å². The summed E-state index contributed by atoms with van der Waals surface area (Å²) in [5.41, 5.74) is -1.16. The van der Waals surface area contributed by atoms with Crippen LogP contribution in [0.4, 0.5) is 0 Å². The fourth-order valence-corrected chi connectivity index (χ4v) is 1.26. The van der Waals surface area contributed by atoms with Crippen LogP contribution in [0.5, 0.6) is 0 Å². The number of amides is 1. The van der Waals surface area contributed by atoms with Crippen LogP contribution in [0.25, 0.3) is 0 Å². The van der Waals surface area contributed by atoms with Crippen LogP contribution < -0.4 is 5.32 Å². The first-order chi connectivity index (χ1) is 6.41. The largest absolute Gasteiger partial charge is 0.388 e. The molecule has 0 aromatic heterocycles. The second kappa shape index (κ2) is 4.28. The van der Waals surface area contributed by atoms with Crippen LogP contribution in [0.15, 0.2) is 0 Å². The van der Waals surface area contributed by atoms with Crippen molar-refractivity contribution in [1.29, 1.82) is 0 Å². The van der Waals surface area contributed by atoms with E-state index in [0.717, 1.165) is 19.3 Å². The Balaban J connectivity index is 2.22. The predicted octanol–water partition coefficient (Wildman–Crippen LogP) is 0.0345. The van der Waals surface area contributed by atoms with Crippen molar-refractivity contribution in [2.24, 2.45) is 5.92 Å². The molecule has 0 radical (unpaired) electrons. The summed E-state index contributed by atoms with van der Waals surface area (Å²) in [6.07, 6.45) is 2.10. The van der Waals surface area contributed by atoms with Crippen LogP contribution in [0.1, 0.15) is 33.1 Å². The number of nitrogens with one attached hydrogen (secondary N) is 1. The highest BCUT2D eigenvalue weighted by Gasteiger charge is 2.28. The summed E-state index contributed by atoms with van der Waals surface area (Å²) >= 11 is 0. The molecule has 0 saturated heterocycles. The van der Waals surface area contributed by atoms with E-state index in [0.29, 0.717) is 0 Å². The van der Waals surface area contributed by atoms with Gasteiger partial charge in [0.1, 0.15) is 0 Å². The minimum absolute atomic E-state index is 0.000417. The number of carbonyl (C=O) groups excluding carboxylic acids is 1. The molecule has 0 heterocycles. The average Bonchev–Trinajstić information content (AvgIpc) is 1.94. The Bertz CT molecular complexity index is 206.